The summed E-state index contributed by atoms with van der Waals surface area (Å²) in [5, 5.41) is 3.57. The van der Waals surface area contributed by atoms with Gasteiger partial charge in [0.2, 0.25) is 5.91 Å². The minimum Gasteiger partial charge on any atom is -0.325 e. The highest BCUT2D eigenvalue weighted by Crippen LogP contribution is 2.27. The van der Waals surface area contributed by atoms with Gasteiger partial charge in [-0.1, -0.05) is 29.3 Å². The monoisotopic (exact) mass is 333 g/mol. The maximum atomic E-state index is 12.4. The highest BCUT2D eigenvalue weighted by atomic mass is 35.5. The molecule has 22 heavy (non-hydrogen) atoms. The molecule has 0 saturated heterocycles. The van der Waals surface area contributed by atoms with Crippen LogP contribution in [0.15, 0.2) is 41.3 Å². The quantitative estimate of drug-likeness (QED) is 0.760. The molecule has 0 heterocycles. The molecule has 0 fully saturated rings. The third-order valence-electron chi connectivity index (χ3n) is 3.42. The Kier molecular flexibility index (Phi) is 5.54. The summed E-state index contributed by atoms with van der Waals surface area (Å²) in [6, 6.07) is 11.7. The molecule has 0 aliphatic carbocycles. The van der Waals surface area contributed by atoms with Crippen molar-refractivity contribution < 1.29 is 4.79 Å². The van der Waals surface area contributed by atoms with E-state index in [1.807, 2.05) is 45.0 Å². The average Bonchev–Trinajstić information content (AvgIpc) is 2.45. The van der Waals surface area contributed by atoms with Crippen molar-refractivity contribution in [1.29, 1.82) is 0 Å². The number of thioether (sulfide) groups is 1. The van der Waals surface area contributed by atoms with Crippen molar-refractivity contribution in [1.82, 2.24) is 0 Å². The van der Waals surface area contributed by atoms with E-state index in [0.29, 0.717) is 5.02 Å². The number of amides is 1. The lowest BCUT2D eigenvalue weighted by Crippen LogP contribution is -2.23. The van der Waals surface area contributed by atoms with Crippen LogP contribution in [0, 0.1) is 20.8 Å². The molecule has 1 atom stereocenters. The van der Waals surface area contributed by atoms with Crippen molar-refractivity contribution in [3.05, 3.63) is 58.1 Å². The normalized spacial score (nSPS) is 12.0. The summed E-state index contributed by atoms with van der Waals surface area (Å²) < 4.78 is 0. The third kappa shape index (κ3) is 4.28. The van der Waals surface area contributed by atoms with E-state index in [9.17, 15) is 4.79 Å². The van der Waals surface area contributed by atoms with Gasteiger partial charge in [0.25, 0.3) is 0 Å². The van der Waals surface area contributed by atoms with Crippen molar-refractivity contribution in [3.63, 3.8) is 0 Å². The number of hydrogen-bond acceptors (Lipinski definition) is 2. The molecule has 1 N–H and O–H groups in total. The minimum absolute atomic E-state index is 0.00926. The Balaban J connectivity index is 2.07. The van der Waals surface area contributed by atoms with E-state index in [-0.39, 0.29) is 11.2 Å². The van der Waals surface area contributed by atoms with Gasteiger partial charge in [-0.25, -0.2) is 0 Å². The van der Waals surface area contributed by atoms with Crippen LogP contribution in [0.3, 0.4) is 0 Å². The first-order chi connectivity index (χ1) is 10.4. The number of benzene rings is 2. The lowest BCUT2D eigenvalue weighted by atomic mass is 10.1. The van der Waals surface area contributed by atoms with Crippen molar-refractivity contribution >= 4 is 35.0 Å². The van der Waals surface area contributed by atoms with Crippen LogP contribution in [0.2, 0.25) is 5.02 Å². The maximum absolute atomic E-state index is 12.4. The fourth-order valence-electron chi connectivity index (χ4n) is 2.37. The first-order valence-electron chi connectivity index (χ1n) is 7.18. The Morgan fingerprint density at radius 3 is 2.18 bits per heavy atom. The summed E-state index contributed by atoms with van der Waals surface area (Å²) in [4.78, 5) is 13.4. The zero-order valence-electron chi connectivity index (χ0n) is 13.2. The number of hydrogen-bond donors (Lipinski definition) is 1. The van der Waals surface area contributed by atoms with Crippen LogP contribution < -0.4 is 5.32 Å². The highest BCUT2D eigenvalue weighted by molar-refractivity contribution is 8.00. The topological polar surface area (TPSA) is 29.1 Å². The molecule has 0 aliphatic heterocycles. The van der Waals surface area contributed by atoms with Crippen LogP contribution in [-0.2, 0) is 4.79 Å². The predicted octanol–water partition coefficient (Wildman–Crippen LogP) is 5.38. The number of carbonyl (C=O) groups excluding carboxylic acids is 1. The number of carbonyl (C=O) groups is 1. The first kappa shape index (κ1) is 16.9. The number of rotatable bonds is 4. The summed E-state index contributed by atoms with van der Waals surface area (Å²) in [6.45, 7) is 8.01. The molecule has 116 valence electrons. The Hall–Kier alpha value is -1.45. The van der Waals surface area contributed by atoms with Gasteiger partial charge in [0.1, 0.15) is 0 Å². The number of halogens is 1. The smallest absolute Gasteiger partial charge is 0.237 e. The Labute approximate surface area is 141 Å². The molecule has 0 spiro atoms. The standard InChI is InChI=1S/C18H20ClNOS/c1-11-9-12(2)17(13(3)10-11)20-18(21)14(4)22-16-7-5-15(19)6-8-16/h5-10,14H,1-4H3,(H,20,21)/t14-/m1/s1. The van der Waals surface area contributed by atoms with E-state index in [1.165, 1.54) is 17.3 Å². The maximum Gasteiger partial charge on any atom is 0.237 e. The summed E-state index contributed by atoms with van der Waals surface area (Å²) in [5.74, 6) is 0.00926. The van der Waals surface area contributed by atoms with Crippen LogP contribution in [-0.4, -0.2) is 11.2 Å². The lowest BCUT2D eigenvalue weighted by molar-refractivity contribution is -0.115. The van der Waals surface area contributed by atoms with Crippen LogP contribution in [0.4, 0.5) is 5.69 Å². The average molecular weight is 334 g/mol. The Morgan fingerprint density at radius 2 is 1.64 bits per heavy atom. The third-order valence-corrected chi connectivity index (χ3v) is 4.78. The van der Waals surface area contributed by atoms with Gasteiger partial charge in [-0.2, -0.15) is 0 Å². The summed E-state index contributed by atoms with van der Waals surface area (Å²) >= 11 is 7.40. The first-order valence-corrected chi connectivity index (χ1v) is 8.43. The molecule has 0 unspecified atom stereocenters. The molecular weight excluding hydrogens is 314 g/mol. The molecule has 0 saturated carbocycles. The molecule has 0 aromatic heterocycles. The van der Waals surface area contributed by atoms with Crippen LogP contribution in [0.5, 0.6) is 0 Å². The molecule has 0 radical (unpaired) electrons. The van der Waals surface area contributed by atoms with Gasteiger partial charge in [-0.15, -0.1) is 11.8 Å². The van der Waals surface area contributed by atoms with Gasteiger partial charge in [0.15, 0.2) is 0 Å². The molecule has 2 aromatic carbocycles. The van der Waals surface area contributed by atoms with E-state index < -0.39 is 0 Å². The predicted molar refractivity (Wildman–Crippen MR) is 96.1 cm³/mol. The Morgan fingerprint density at radius 1 is 1.09 bits per heavy atom. The molecular formula is C18H20ClNOS. The van der Waals surface area contributed by atoms with Crippen LogP contribution >= 0.6 is 23.4 Å². The summed E-state index contributed by atoms with van der Waals surface area (Å²) in [6.07, 6.45) is 0. The van der Waals surface area contributed by atoms with E-state index in [4.69, 9.17) is 11.6 Å². The minimum atomic E-state index is -0.179. The molecule has 0 bridgehead atoms. The van der Waals surface area contributed by atoms with Gasteiger partial charge in [-0.3, -0.25) is 4.79 Å². The van der Waals surface area contributed by atoms with E-state index in [2.05, 4.69) is 24.4 Å². The molecule has 4 heteroatoms. The van der Waals surface area contributed by atoms with Crippen molar-refractivity contribution in [2.45, 2.75) is 37.8 Å². The Bertz CT molecular complexity index is 659. The summed E-state index contributed by atoms with van der Waals surface area (Å²) in [7, 11) is 0. The fraction of sp³-hybridized carbons (Fsp3) is 0.278. The number of anilines is 1. The van der Waals surface area contributed by atoms with Crippen molar-refractivity contribution in [2.24, 2.45) is 0 Å². The van der Waals surface area contributed by atoms with Gasteiger partial charge in [0, 0.05) is 15.6 Å². The lowest BCUT2D eigenvalue weighted by Gasteiger charge is -2.16. The SMILES string of the molecule is Cc1cc(C)c(NC(=O)[C@@H](C)Sc2ccc(Cl)cc2)c(C)c1. The summed E-state index contributed by atoms with van der Waals surface area (Å²) in [5.41, 5.74) is 4.31. The molecule has 1 amide bonds. The van der Waals surface area contributed by atoms with E-state index in [1.54, 1.807) is 0 Å². The highest BCUT2D eigenvalue weighted by Gasteiger charge is 2.16. The van der Waals surface area contributed by atoms with Gasteiger partial charge < -0.3 is 5.32 Å². The van der Waals surface area contributed by atoms with Gasteiger partial charge in [-0.05, 0) is 63.1 Å². The number of nitrogens with one attached hydrogen (secondary N) is 1. The van der Waals surface area contributed by atoms with Crippen molar-refractivity contribution in [2.75, 3.05) is 5.32 Å². The second kappa shape index (κ2) is 7.21. The van der Waals surface area contributed by atoms with E-state index in [0.717, 1.165) is 21.7 Å². The largest absolute Gasteiger partial charge is 0.325 e. The van der Waals surface area contributed by atoms with Gasteiger partial charge >= 0.3 is 0 Å². The second-order valence-corrected chi connectivity index (χ2v) is 7.33. The second-order valence-electron chi connectivity index (χ2n) is 5.48. The molecule has 2 aromatic rings. The van der Waals surface area contributed by atoms with Crippen molar-refractivity contribution in [3.8, 4) is 0 Å². The zero-order chi connectivity index (χ0) is 16.3. The molecule has 2 rings (SSSR count). The molecule has 0 aliphatic rings. The van der Waals surface area contributed by atoms with Gasteiger partial charge in [0.05, 0.1) is 5.25 Å². The van der Waals surface area contributed by atoms with Crippen LogP contribution in [0.1, 0.15) is 23.6 Å². The fourth-order valence-corrected chi connectivity index (χ4v) is 3.37. The zero-order valence-corrected chi connectivity index (χ0v) is 14.8. The molecule has 2 nitrogen and oxygen atoms in total. The number of aryl methyl sites for hydroxylation is 3. The van der Waals surface area contributed by atoms with Crippen LogP contribution in [0.25, 0.3) is 0 Å². The van der Waals surface area contributed by atoms with E-state index >= 15 is 0 Å².